The normalized spacial score (nSPS) is 29.5. The summed E-state index contributed by atoms with van der Waals surface area (Å²) in [7, 11) is 1.84. The van der Waals surface area contributed by atoms with E-state index >= 15 is 0 Å². The molecule has 2 heteroatoms. The van der Waals surface area contributed by atoms with Gasteiger partial charge in [-0.2, -0.15) is 0 Å². The van der Waals surface area contributed by atoms with Crippen molar-refractivity contribution >= 4 is 6.21 Å². The summed E-state index contributed by atoms with van der Waals surface area (Å²) in [6, 6.07) is 0.575. The number of allylic oxidation sites excluding steroid dienone is 1. The Bertz CT molecular complexity index is 184. The number of aliphatic imine (C=N–C) groups is 1. The summed E-state index contributed by atoms with van der Waals surface area (Å²) in [6.07, 6.45) is 5.89. The van der Waals surface area contributed by atoms with Gasteiger partial charge in [0.25, 0.3) is 0 Å². The van der Waals surface area contributed by atoms with Crippen molar-refractivity contribution in [3.63, 3.8) is 0 Å². The summed E-state index contributed by atoms with van der Waals surface area (Å²) < 4.78 is 0. The van der Waals surface area contributed by atoms with Crippen LogP contribution in [-0.4, -0.2) is 19.3 Å². The van der Waals surface area contributed by atoms with E-state index in [1.54, 1.807) is 0 Å². The van der Waals surface area contributed by atoms with Crippen molar-refractivity contribution < 1.29 is 0 Å². The van der Waals surface area contributed by atoms with E-state index in [0.717, 1.165) is 5.70 Å². The summed E-state index contributed by atoms with van der Waals surface area (Å²) in [6.45, 7) is 5.87. The predicted octanol–water partition coefficient (Wildman–Crippen LogP) is 1.98. The molecule has 2 unspecified atom stereocenters. The van der Waals surface area contributed by atoms with Crippen molar-refractivity contribution in [3.8, 4) is 0 Å². The van der Waals surface area contributed by atoms with E-state index in [1.807, 2.05) is 14.0 Å². The smallest absolute Gasteiger partial charge is 0.0335 e. The van der Waals surface area contributed by atoms with Crippen LogP contribution in [0.2, 0.25) is 0 Å². The Kier molecular flexibility index (Phi) is 3.32. The second kappa shape index (κ2) is 4.29. The maximum absolute atomic E-state index is 4.08. The molecule has 0 saturated heterocycles. The lowest BCUT2D eigenvalue weighted by molar-refractivity contribution is 0.529. The molecule has 1 fully saturated rings. The Morgan fingerprint density at radius 3 is 2.92 bits per heavy atom. The highest BCUT2D eigenvalue weighted by Gasteiger charge is 2.24. The van der Waals surface area contributed by atoms with E-state index in [-0.39, 0.29) is 0 Å². The van der Waals surface area contributed by atoms with Gasteiger partial charge >= 0.3 is 0 Å². The topological polar surface area (TPSA) is 24.4 Å². The molecule has 0 bridgehead atoms. The van der Waals surface area contributed by atoms with Crippen LogP contribution in [0.4, 0.5) is 0 Å². The number of nitrogens with zero attached hydrogens (tertiary/aromatic N) is 1. The van der Waals surface area contributed by atoms with Crippen molar-refractivity contribution in [1.29, 1.82) is 0 Å². The predicted molar refractivity (Wildman–Crippen MR) is 53.5 cm³/mol. The lowest BCUT2D eigenvalue weighted by atomic mass is 10.1. The van der Waals surface area contributed by atoms with Gasteiger partial charge in [0.2, 0.25) is 0 Å². The van der Waals surface area contributed by atoms with Gasteiger partial charge in [0.1, 0.15) is 0 Å². The van der Waals surface area contributed by atoms with E-state index in [0.29, 0.717) is 12.0 Å². The summed E-state index contributed by atoms with van der Waals surface area (Å²) >= 11 is 0. The van der Waals surface area contributed by atoms with Crippen LogP contribution in [0.3, 0.4) is 0 Å². The highest BCUT2D eigenvalue weighted by molar-refractivity contribution is 5.62. The Balaban J connectivity index is 2.46. The first-order valence-electron chi connectivity index (χ1n) is 4.58. The van der Waals surface area contributed by atoms with Gasteiger partial charge in [-0.25, -0.2) is 0 Å². The quantitative estimate of drug-likeness (QED) is 0.637. The molecule has 68 valence electrons. The van der Waals surface area contributed by atoms with Gasteiger partial charge in [0.05, 0.1) is 0 Å². The minimum atomic E-state index is 0.575. The number of rotatable bonds is 3. The third-order valence-corrected chi connectivity index (χ3v) is 2.34. The fourth-order valence-electron chi connectivity index (χ4n) is 1.85. The van der Waals surface area contributed by atoms with Crippen molar-refractivity contribution in [3.05, 3.63) is 12.3 Å². The molecule has 0 aliphatic heterocycles. The molecule has 2 atom stereocenters. The van der Waals surface area contributed by atoms with Crippen molar-refractivity contribution in [2.45, 2.75) is 32.2 Å². The van der Waals surface area contributed by atoms with E-state index in [2.05, 4.69) is 23.1 Å². The molecule has 12 heavy (non-hydrogen) atoms. The highest BCUT2D eigenvalue weighted by Crippen LogP contribution is 2.24. The molecule has 0 aromatic heterocycles. The second-order valence-corrected chi connectivity index (χ2v) is 3.53. The first kappa shape index (κ1) is 9.30. The van der Waals surface area contributed by atoms with Gasteiger partial charge in [0, 0.05) is 30.9 Å². The monoisotopic (exact) mass is 166 g/mol. The SMILES string of the molecule is C=C(C)NC1CCCC1C=NC. The van der Waals surface area contributed by atoms with Crippen LogP contribution in [0.1, 0.15) is 26.2 Å². The zero-order valence-corrected chi connectivity index (χ0v) is 8.01. The fourth-order valence-corrected chi connectivity index (χ4v) is 1.85. The Morgan fingerprint density at radius 1 is 1.58 bits per heavy atom. The van der Waals surface area contributed by atoms with Gasteiger partial charge in [-0.05, 0) is 19.8 Å². The van der Waals surface area contributed by atoms with Gasteiger partial charge < -0.3 is 10.3 Å². The van der Waals surface area contributed by atoms with E-state index in [9.17, 15) is 0 Å². The summed E-state index contributed by atoms with van der Waals surface area (Å²) in [5, 5.41) is 3.39. The lowest BCUT2D eigenvalue weighted by Crippen LogP contribution is -2.31. The lowest BCUT2D eigenvalue weighted by Gasteiger charge is -2.18. The minimum absolute atomic E-state index is 0.575. The molecule has 1 aliphatic carbocycles. The third-order valence-electron chi connectivity index (χ3n) is 2.34. The minimum Gasteiger partial charge on any atom is -0.386 e. The zero-order valence-electron chi connectivity index (χ0n) is 8.01. The molecule has 0 aromatic rings. The molecule has 0 heterocycles. The molecule has 1 N–H and O–H groups in total. The molecular weight excluding hydrogens is 148 g/mol. The van der Waals surface area contributed by atoms with Crippen LogP contribution >= 0.6 is 0 Å². The molecule has 0 amide bonds. The Labute approximate surface area is 74.8 Å². The Hall–Kier alpha value is -0.790. The molecule has 1 saturated carbocycles. The van der Waals surface area contributed by atoms with Gasteiger partial charge in [-0.3, -0.25) is 0 Å². The van der Waals surface area contributed by atoms with E-state index in [1.165, 1.54) is 19.3 Å². The molecule has 0 radical (unpaired) electrons. The van der Waals surface area contributed by atoms with Gasteiger partial charge in [-0.1, -0.05) is 13.0 Å². The summed E-state index contributed by atoms with van der Waals surface area (Å²) in [4.78, 5) is 4.08. The largest absolute Gasteiger partial charge is 0.386 e. The molecule has 1 rings (SSSR count). The average molecular weight is 166 g/mol. The number of nitrogens with one attached hydrogen (secondary N) is 1. The molecule has 0 aromatic carbocycles. The first-order valence-corrected chi connectivity index (χ1v) is 4.58. The average Bonchev–Trinajstić information content (AvgIpc) is 2.37. The second-order valence-electron chi connectivity index (χ2n) is 3.53. The van der Waals surface area contributed by atoms with E-state index < -0.39 is 0 Å². The van der Waals surface area contributed by atoms with Crippen molar-refractivity contribution in [2.75, 3.05) is 7.05 Å². The molecule has 1 aliphatic rings. The molecule has 0 spiro atoms. The van der Waals surface area contributed by atoms with Gasteiger partial charge in [0.15, 0.2) is 0 Å². The Morgan fingerprint density at radius 2 is 2.33 bits per heavy atom. The zero-order chi connectivity index (χ0) is 8.97. The van der Waals surface area contributed by atoms with Crippen molar-refractivity contribution in [2.24, 2.45) is 10.9 Å². The summed E-state index contributed by atoms with van der Waals surface area (Å²) in [5.74, 6) is 0.617. The standard InChI is InChI=1S/C10H18N2/c1-8(2)12-10-6-4-5-9(10)7-11-3/h7,9-10,12H,1,4-6H2,2-3H3. The maximum Gasteiger partial charge on any atom is 0.0335 e. The molecule has 2 nitrogen and oxygen atoms in total. The van der Waals surface area contributed by atoms with Crippen LogP contribution in [-0.2, 0) is 0 Å². The van der Waals surface area contributed by atoms with Crippen LogP contribution in [0.15, 0.2) is 17.3 Å². The fraction of sp³-hybridized carbons (Fsp3) is 0.700. The van der Waals surface area contributed by atoms with E-state index in [4.69, 9.17) is 0 Å². The third kappa shape index (κ3) is 2.36. The van der Waals surface area contributed by atoms with Crippen molar-refractivity contribution in [1.82, 2.24) is 5.32 Å². The van der Waals surface area contributed by atoms with Gasteiger partial charge in [-0.15, -0.1) is 0 Å². The van der Waals surface area contributed by atoms with Crippen LogP contribution in [0, 0.1) is 5.92 Å². The molecular formula is C10H18N2. The first-order chi connectivity index (χ1) is 5.74. The van der Waals surface area contributed by atoms with Crippen LogP contribution in [0.5, 0.6) is 0 Å². The highest BCUT2D eigenvalue weighted by atomic mass is 14.9. The maximum atomic E-state index is 4.08. The summed E-state index contributed by atoms with van der Waals surface area (Å²) in [5.41, 5.74) is 1.07. The van der Waals surface area contributed by atoms with Crippen LogP contribution in [0.25, 0.3) is 0 Å². The van der Waals surface area contributed by atoms with Crippen LogP contribution < -0.4 is 5.32 Å². The number of hydrogen-bond donors (Lipinski definition) is 1. The number of hydrogen-bond acceptors (Lipinski definition) is 2.